The fourth-order valence-corrected chi connectivity index (χ4v) is 4.66. The zero-order valence-corrected chi connectivity index (χ0v) is 23.2. The molecule has 4 aromatic rings. The van der Waals surface area contributed by atoms with Crippen LogP contribution in [0.15, 0.2) is 36.4 Å². The maximum atomic E-state index is 11.4. The van der Waals surface area contributed by atoms with Gasteiger partial charge < -0.3 is 39.9 Å². The maximum Gasteiger partial charge on any atom is 0.245 e. The van der Waals surface area contributed by atoms with Crippen LogP contribution in [0.25, 0.3) is 21.8 Å². The molecule has 2 amide bonds. The summed E-state index contributed by atoms with van der Waals surface area (Å²) in [7, 11) is 4.99. The molecule has 10 heteroatoms. The number of phenolic OH excluding ortho intramolecular Hbond substituents is 2. The zero-order valence-electron chi connectivity index (χ0n) is 23.2. The van der Waals surface area contributed by atoms with Gasteiger partial charge >= 0.3 is 0 Å². The summed E-state index contributed by atoms with van der Waals surface area (Å²) in [4.78, 5) is 25.9. The Hall–Kier alpha value is -4.02. The van der Waals surface area contributed by atoms with Crippen molar-refractivity contribution >= 4 is 33.6 Å². The van der Waals surface area contributed by atoms with Crippen LogP contribution in [-0.4, -0.2) is 72.1 Å². The quantitative estimate of drug-likeness (QED) is 0.211. The summed E-state index contributed by atoms with van der Waals surface area (Å²) in [5.74, 6) is 0.264. The Kier molecular flexibility index (Phi) is 10.4. The summed E-state index contributed by atoms with van der Waals surface area (Å²) < 4.78 is 11.6. The van der Waals surface area contributed by atoms with E-state index in [2.05, 4.69) is 20.2 Å². The van der Waals surface area contributed by atoms with E-state index in [-0.39, 0.29) is 36.5 Å². The van der Waals surface area contributed by atoms with E-state index in [0.29, 0.717) is 19.5 Å². The van der Waals surface area contributed by atoms with Crippen LogP contribution in [0.3, 0.4) is 0 Å². The van der Waals surface area contributed by atoms with Crippen LogP contribution in [0.2, 0.25) is 0 Å². The zero-order chi connectivity index (χ0) is 28.5. The topological polar surface area (TPSA) is 138 Å². The van der Waals surface area contributed by atoms with E-state index >= 15 is 0 Å². The minimum absolute atomic E-state index is 0.0770. The molecule has 0 aliphatic carbocycles. The highest BCUT2D eigenvalue weighted by Crippen LogP contribution is 2.28. The molecule has 39 heavy (non-hydrogen) atoms. The number of hydrogen-bond acceptors (Lipinski definition) is 6. The van der Waals surface area contributed by atoms with Gasteiger partial charge in [-0.05, 0) is 74.2 Å². The average Bonchev–Trinajstić information content (AvgIpc) is 3.32. The van der Waals surface area contributed by atoms with Gasteiger partial charge in [0, 0.05) is 67.6 Å². The summed E-state index contributed by atoms with van der Waals surface area (Å²) in [6, 6.07) is 10.6. The number of hydrogen-bond donors (Lipinski definition) is 5. The molecule has 5 N–H and O–H groups in total. The second-order valence-corrected chi connectivity index (χ2v) is 9.35. The summed E-state index contributed by atoms with van der Waals surface area (Å²) in [5.41, 5.74) is 6.54. The van der Waals surface area contributed by atoms with Crippen LogP contribution in [0, 0.1) is 13.8 Å². The lowest BCUT2D eigenvalue weighted by atomic mass is 10.1. The number of aromatic hydroxyl groups is 2. The third kappa shape index (κ3) is 7.52. The Morgan fingerprint density at radius 3 is 1.97 bits per heavy atom. The van der Waals surface area contributed by atoms with Crippen molar-refractivity contribution in [3.63, 3.8) is 0 Å². The maximum absolute atomic E-state index is 11.4. The lowest BCUT2D eigenvalue weighted by Gasteiger charge is -2.05. The van der Waals surface area contributed by atoms with E-state index < -0.39 is 0 Å². The number of nitrogens with one attached hydrogen (secondary N) is 3. The van der Waals surface area contributed by atoms with Crippen molar-refractivity contribution in [2.45, 2.75) is 26.7 Å². The van der Waals surface area contributed by atoms with Gasteiger partial charge in [-0.25, -0.2) is 0 Å². The van der Waals surface area contributed by atoms with Gasteiger partial charge in [-0.1, -0.05) is 0 Å². The van der Waals surface area contributed by atoms with Gasteiger partial charge in [-0.15, -0.1) is 0 Å². The summed E-state index contributed by atoms with van der Waals surface area (Å²) in [6.45, 7) is 5.29. The number of carbonyl (C=O) groups excluding carboxylic acids is 2. The molecule has 0 unspecified atom stereocenters. The highest BCUT2D eigenvalue weighted by Gasteiger charge is 2.13. The molecule has 0 spiro atoms. The van der Waals surface area contributed by atoms with Crippen molar-refractivity contribution in [2.24, 2.45) is 7.05 Å². The first kappa shape index (κ1) is 29.5. The Bertz CT molecular complexity index is 1440. The largest absolute Gasteiger partial charge is 0.508 e. The van der Waals surface area contributed by atoms with E-state index in [0.717, 1.165) is 50.7 Å². The number of H-pyrrole nitrogens is 1. The van der Waals surface area contributed by atoms with Crippen molar-refractivity contribution in [3.05, 3.63) is 58.9 Å². The Morgan fingerprint density at radius 1 is 0.846 bits per heavy atom. The van der Waals surface area contributed by atoms with Gasteiger partial charge in [0.2, 0.25) is 11.8 Å². The predicted molar refractivity (Wildman–Crippen MR) is 151 cm³/mol. The lowest BCUT2D eigenvalue weighted by Crippen LogP contribution is -2.29. The van der Waals surface area contributed by atoms with Crippen LogP contribution in [0.1, 0.15) is 22.5 Å². The lowest BCUT2D eigenvalue weighted by molar-refractivity contribution is -0.125. The van der Waals surface area contributed by atoms with Crippen LogP contribution in [0.5, 0.6) is 11.5 Å². The Balaban J connectivity index is 0.000000216. The molecule has 0 aliphatic heterocycles. The van der Waals surface area contributed by atoms with Gasteiger partial charge in [-0.3, -0.25) is 9.59 Å². The standard InChI is InChI=1S/C15H20N2O3.C14H18N2O3/c1-10-12(6-7-16-15(19)9-20-3)13-8-11(18)4-5-14(13)17(10)2;1-9-11(5-6-15-14(18)8-19-2)12-7-10(17)3-4-13(12)16-9/h4-5,8,18H,6-7,9H2,1-3H3,(H,16,19);3-4,7,16-17H,5-6,8H2,1-2H3,(H,15,18). The van der Waals surface area contributed by atoms with Gasteiger partial charge in [0.25, 0.3) is 0 Å². The van der Waals surface area contributed by atoms with Crippen molar-refractivity contribution in [1.82, 2.24) is 20.2 Å². The van der Waals surface area contributed by atoms with E-state index in [1.807, 2.05) is 33.0 Å². The number of aromatic nitrogens is 2. The fraction of sp³-hybridized carbons (Fsp3) is 0.379. The molecule has 4 rings (SSSR count). The van der Waals surface area contributed by atoms with Crippen LogP contribution in [-0.2, 0) is 39.0 Å². The molecule has 0 bridgehead atoms. The molecule has 2 aromatic carbocycles. The number of fused-ring (bicyclic) bond motifs is 2. The van der Waals surface area contributed by atoms with Crippen LogP contribution < -0.4 is 10.6 Å². The first-order valence-corrected chi connectivity index (χ1v) is 12.7. The molecule has 0 fully saturated rings. The number of phenols is 2. The van der Waals surface area contributed by atoms with Crippen molar-refractivity contribution in [1.29, 1.82) is 0 Å². The van der Waals surface area contributed by atoms with Gasteiger partial charge in [0.15, 0.2) is 0 Å². The van der Waals surface area contributed by atoms with Gasteiger partial charge in [0.05, 0.1) is 0 Å². The number of nitrogens with zero attached hydrogens (tertiary/aromatic N) is 1. The molecule has 2 heterocycles. The van der Waals surface area contributed by atoms with Gasteiger partial charge in [-0.2, -0.15) is 0 Å². The normalized spacial score (nSPS) is 10.9. The minimum Gasteiger partial charge on any atom is -0.508 e. The second-order valence-electron chi connectivity index (χ2n) is 9.35. The monoisotopic (exact) mass is 538 g/mol. The molecule has 210 valence electrons. The smallest absolute Gasteiger partial charge is 0.245 e. The first-order valence-electron chi connectivity index (χ1n) is 12.7. The number of benzene rings is 2. The second kappa shape index (κ2) is 13.7. The average molecular weight is 539 g/mol. The number of aryl methyl sites for hydroxylation is 2. The molecule has 2 aromatic heterocycles. The molecule has 0 atom stereocenters. The number of methoxy groups -OCH3 is 2. The van der Waals surface area contributed by atoms with Crippen LogP contribution >= 0.6 is 0 Å². The third-order valence-corrected chi connectivity index (χ3v) is 6.65. The Labute approximate surface area is 227 Å². The minimum atomic E-state index is -0.122. The highest BCUT2D eigenvalue weighted by molar-refractivity contribution is 5.87. The van der Waals surface area contributed by atoms with Crippen LogP contribution in [0.4, 0.5) is 0 Å². The van der Waals surface area contributed by atoms with E-state index in [1.54, 1.807) is 24.3 Å². The van der Waals surface area contributed by atoms with Crippen molar-refractivity contribution in [3.8, 4) is 11.5 Å². The molecule has 0 saturated heterocycles. The summed E-state index contributed by atoms with van der Waals surface area (Å²) >= 11 is 0. The number of carbonyl (C=O) groups is 2. The van der Waals surface area contributed by atoms with E-state index in [4.69, 9.17) is 9.47 Å². The van der Waals surface area contributed by atoms with Crippen molar-refractivity contribution in [2.75, 3.05) is 40.5 Å². The Morgan fingerprint density at radius 2 is 1.38 bits per heavy atom. The summed E-state index contributed by atoms with van der Waals surface area (Å²) in [6.07, 6.45) is 1.44. The number of ether oxygens (including phenoxy) is 2. The first-order chi connectivity index (χ1) is 18.7. The number of rotatable bonds is 10. The fourth-order valence-electron chi connectivity index (χ4n) is 4.66. The van der Waals surface area contributed by atoms with E-state index in [1.165, 1.54) is 14.2 Å². The highest BCUT2D eigenvalue weighted by atomic mass is 16.5. The third-order valence-electron chi connectivity index (χ3n) is 6.65. The summed E-state index contributed by atoms with van der Waals surface area (Å²) in [5, 5.41) is 26.8. The molecule has 0 saturated carbocycles. The molecular formula is C29H38N4O6. The van der Waals surface area contributed by atoms with E-state index in [9.17, 15) is 19.8 Å². The molecule has 0 radical (unpaired) electrons. The molecule has 10 nitrogen and oxygen atoms in total. The number of aromatic amines is 1. The van der Waals surface area contributed by atoms with Gasteiger partial charge in [0.1, 0.15) is 24.7 Å². The van der Waals surface area contributed by atoms with Crippen molar-refractivity contribution < 1.29 is 29.3 Å². The SMILES string of the molecule is COCC(=O)NCCc1c(C)[nH]c2ccc(O)cc12.COCC(=O)NCCc1c(C)n(C)c2ccc(O)cc12. The predicted octanol–water partition coefficient (Wildman–Crippen LogP) is 2.98. The molecular weight excluding hydrogens is 500 g/mol. The number of amides is 2. The molecule has 0 aliphatic rings.